The summed E-state index contributed by atoms with van der Waals surface area (Å²) in [6, 6.07) is 8.92. The fraction of sp³-hybridized carbons (Fsp3) is 0.606. The van der Waals surface area contributed by atoms with Gasteiger partial charge in [0.05, 0.1) is 18.1 Å². The third-order valence-electron chi connectivity index (χ3n) is 9.15. The van der Waals surface area contributed by atoms with E-state index in [0.29, 0.717) is 51.7 Å². The van der Waals surface area contributed by atoms with Gasteiger partial charge in [-0.15, -0.1) is 13.2 Å². The number of carbonyl (C=O) groups excluding carboxylic acids is 3. The largest absolute Gasteiger partial charge is 0.465 e. The van der Waals surface area contributed by atoms with Crippen LogP contribution in [0.1, 0.15) is 70.3 Å². The number of unbranched alkanes of at least 4 members (excludes halogenated alkanes) is 4. The van der Waals surface area contributed by atoms with E-state index in [1.165, 1.54) is 0 Å². The number of allylic oxidation sites excluding steroid dienone is 1. The average Bonchev–Trinajstić information content (AvgIpc) is 3.58. The summed E-state index contributed by atoms with van der Waals surface area (Å²) in [5, 5.41) is 9.28. The lowest BCUT2D eigenvalue weighted by Crippen LogP contribution is -2.56. The molecule has 3 saturated heterocycles. The van der Waals surface area contributed by atoms with Gasteiger partial charge >= 0.3 is 5.97 Å². The maximum absolute atomic E-state index is 14.5. The first-order valence-electron chi connectivity index (χ1n) is 15.2. The summed E-state index contributed by atoms with van der Waals surface area (Å²) in [6.45, 7) is 11.0. The quantitative estimate of drug-likeness (QED) is 0.170. The molecule has 2 bridgehead atoms. The van der Waals surface area contributed by atoms with Crippen LogP contribution in [0.5, 0.6) is 0 Å². The Balaban J connectivity index is 1.66. The SMILES string of the molecule is C=CCCCCOC(=O)[C@H]1[C@H]2C(=O)N(CCCCCO)C(C(=O)N(CC=C)Cc3ccccc3)C23CC[C@]1(CC)O3. The number of aliphatic hydroxyl groups is 1. The molecule has 5 atom stereocenters. The van der Waals surface area contributed by atoms with Crippen LogP contribution in [0.3, 0.4) is 0 Å². The first-order chi connectivity index (χ1) is 19.9. The van der Waals surface area contributed by atoms with Gasteiger partial charge in [0.25, 0.3) is 0 Å². The van der Waals surface area contributed by atoms with Gasteiger partial charge in [-0.1, -0.05) is 49.4 Å². The molecular formula is C33H46N2O6. The minimum absolute atomic E-state index is 0.0793. The predicted molar refractivity (Wildman–Crippen MR) is 157 cm³/mol. The molecule has 2 amide bonds. The Bertz CT molecular complexity index is 1090. The van der Waals surface area contributed by atoms with E-state index >= 15 is 0 Å². The number of fused-ring (bicyclic) bond motifs is 1. The lowest BCUT2D eigenvalue weighted by molar-refractivity contribution is -0.162. The Hall–Kier alpha value is -2.97. The number of nitrogens with zero attached hydrogens (tertiary/aromatic N) is 2. The van der Waals surface area contributed by atoms with E-state index < -0.39 is 35.0 Å². The van der Waals surface area contributed by atoms with Gasteiger partial charge in [-0.2, -0.15) is 0 Å². The number of rotatable bonds is 17. The van der Waals surface area contributed by atoms with Crippen LogP contribution in [-0.4, -0.2) is 76.2 Å². The molecule has 3 heterocycles. The van der Waals surface area contributed by atoms with Crippen molar-refractivity contribution in [2.24, 2.45) is 11.8 Å². The summed E-state index contributed by atoms with van der Waals surface area (Å²) in [7, 11) is 0. The highest BCUT2D eigenvalue weighted by atomic mass is 16.6. The molecule has 0 saturated carbocycles. The number of amides is 2. The van der Waals surface area contributed by atoms with Crippen molar-refractivity contribution in [2.45, 2.75) is 88.5 Å². The molecule has 0 radical (unpaired) electrons. The summed E-state index contributed by atoms with van der Waals surface area (Å²) < 4.78 is 12.6. The molecule has 41 heavy (non-hydrogen) atoms. The molecule has 2 unspecified atom stereocenters. The van der Waals surface area contributed by atoms with Crippen molar-refractivity contribution >= 4 is 17.8 Å². The molecule has 1 aromatic carbocycles. The Morgan fingerprint density at radius 3 is 2.59 bits per heavy atom. The van der Waals surface area contributed by atoms with Crippen LogP contribution in [0, 0.1) is 11.8 Å². The second-order valence-electron chi connectivity index (χ2n) is 11.6. The molecule has 224 valence electrons. The monoisotopic (exact) mass is 566 g/mol. The van der Waals surface area contributed by atoms with Crippen molar-refractivity contribution in [1.82, 2.24) is 9.80 Å². The van der Waals surface area contributed by atoms with E-state index in [4.69, 9.17) is 9.47 Å². The minimum Gasteiger partial charge on any atom is -0.465 e. The third-order valence-corrected chi connectivity index (χ3v) is 9.15. The van der Waals surface area contributed by atoms with Gasteiger partial charge in [-0.25, -0.2) is 0 Å². The molecule has 4 rings (SSSR count). The first-order valence-corrected chi connectivity index (χ1v) is 15.2. The number of likely N-dealkylation sites (tertiary alicyclic amines) is 1. The molecule has 0 aliphatic carbocycles. The number of hydrogen-bond acceptors (Lipinski definition) is 6. The Kier molecular flexibility index (Phi) is 10.4. The fourth-order valence-corrected chi connectivity index (χ4v) is 7.19. The van der Waals surface area contributed by atoms with Crippen LogP contribution in [-0.2, 0) is 30.4 Å². The topological polar surface area (TPSA) is 96.4 Å². The molecule has 3 aliphatic rings. The van der Waals surface area contributed by atoms with Crippen molar-refractivity contribution in [3.63, 3.8) is 0 Å². The van der Waals surface area contributed by atoms with E-state index in [2.05, 4.69) is 13.2 Å². The normalized spacial score (nSPS) is 28.0. The number of esters is 1. The third kappa shape index (κ3) is 6.00. The van der Waals surface area contributed by atoms with Gasteiger partial charge in [0.1, 0.15) is 17.6 Å². The van der Waals surface area contributed by atoms with Crippen LogP contribution < -0.4 is 0 Å². The maximum Gasteiger partial charge on any atom is 0.312 e. The number of hydrogen-bond donors (Lipinski definition) is 1. The Labute approximate surface area is 244 Å². The van der Waals surface area contributed by atoms with Gasteiger partial charge in [-0.3, -0.25) is 14.4 Å². The Morgan fingerprint density at radius 2 is 1.90 bits per heavy atom. The summed E-state index contributed by atoms with van der Waals surface area (Å²) in [5.74, 6) is -2.28. The minimum atomic E-state index is -1.08. The van der Waals surface area contributed by atoms with Crippen molar-refractivity contribution in [1.29, 1.82) is 0 Å². The van der Waals surface area contributed by atoms with Crippen LogP contribution >= 0.6 is 0 Å². The van der Waals surface area contributed by atoms with Gasteiger partial charge in [0.15, 0.2) is 0 Å². The van der Waals surface area contributed by atoms with Crippen LogP contribution in [0.25, 0.3) is 0 Å². The van der Waals surface area contributed by atoms with E-state index in [0.717, 1.165) is 31.2 Å². The predicted octanol–water partition coefficient (Wildman–Crippen LogP) is 4.42. The van der Waals surface area contributed by atoms with Gasteiger partial charge < -0.3 is 24.4 Å². The van der Waals surface area contributed by atoms with E-state index in [1.54, 1.807) is 15.9 Å². The van der Waals surface area contributed by atoms with Crippen molar-refractivity contribution in [3.8, 4) is 0 Å². The number of benzene rings is 1. The molecule has 1 aromatic rings. The van der Waals surface area contributed by atoms with Crippen LogP contribution in [0.15, 0.2) is 55.6 Å². The molecule has 1 N–H and O–H groups in total. The van der Waals surface area contributed by atoms with Crippen molar-refractivity contribution in [3.05, 3.63) is 61.2 Å². The van der Waals surface area contributed by atoms with Crippen molar-refractivity contribution < 1.29 is 29.0 Å². The highest BCUT2D eigenvalue weighted by Crippen LogP contribution is 2.64. The molecule has 3 fully saturated rings. The highest BCUT2D eigenvalue weighted by molar-refractivity contribution is 5.98. The summed E-state index contributed by atoms with van der Waals surface area (Å²) >= 11 is 0. The van der Waals surface area contributed by atoms with Crippen LogP contribution in [0.2, 0.25) is 0 Å². The number of ether oxygens (including phenoxy) is 2. The standard InChI is InChI=1S/C33H46N2O6/c1-4-7-8-15-23-40-31(39)27-26-29(37)35(21-13-10-14-22-36)28(33(26)19-18-32(27,6-3)41-33)30(38)34(20-5-2)24-25-16-11-9-12-17-25/h4-5,9,11-12,16-17,26-28,36H,1-2,6-8,10,13-15,18-24H2,3H3/t26-,27+,28?,32-,33?/m0/s1. The summed E-state index contributed by atoms with van der Waals surface area (Å²) in [5.41, 5.74) is -0.915. The van der Waals surface area contributed by atoms with E-state index in [9.17, 15) is 19.5 Å². The fourth-order valence-electron chi connectivity index (χ4n) is 7.19. The average molecular weight is 567 g/mol. The second-order valence-corrected chi connectivity index (χ2v) is 11.6. The van der Waals surface area contributed by atoms with Gasteiger partial charge in [0, 0.05) is 26.2 Å². The molecule has 8 nitrogen and oxygen atoms in total. The Morgan fingerprint density at radius 1 is 1.12 bits per heavy atom. The maximum atomic E-state index is 14.5. The van der Waals surface area contributed by atoms with E-state index in [1.807, 2.05) is 43.3 Å². The number of aliphatic hydroxyl groups excluding tert-OH is 1. The van der Waals surface area contributed by atoms with Crippen molar-refractivity contribution in [2.75, 3.05) is 26.3 Å². The molecule has 1 spiro atoms. The summed E-state index contributed by atoms with van der Waals surface area (Å²) in [6.07, 6.45) is 9.71. The van der Waals surface area contributed by atoms with Gasteiger partial charge in [0.2, 0.25) is 11.8 Å². The van der Waals surface area contributed by atoms with E-state index in [-0.39, 0.29) is 25.0 Å². The zero-order valence-electron chi connectivity index (χ0n) is 24.5. The number of carbonyl (C=O) groups is 3. The molecular weight excluding hydrogens is 520 g/mol. The first kappa shape index (κ1) is 31.0. The smallest absolute Gasteiger partial charge is 0.312 e. The zero-order valence-corrected chi connectivity index (χ0v) is 24.5. The van der Waals surface area contributed by atoms with Crippen LogP contribution in [0.4, 0.5) is 0 Å². The molecule has 8 heteroatoms. The lowest BCUT2D eigenvalue weighted by Gasteiger charge is -2.37. The zero-order chi connectivity index (χ0) is 29.5. The molecule has 3 aliphatic heterocycles. The lowest BCUT2D eigenvalue weighted by atomic mass is 9.65. The highest BCUT2D eigenvalue weighted by Gasteiger charge is 2.79. The summed E-state index contributed by atoms with van der Waals surface area (Å²) in [4.78, 5) is 45.8. The second kappa shape index (κ2) is 13.8. The van der Waals surface area contributed by atoms with Gasteiger partial charge in [-0.05, 0) is 63.4 Å². The molecule has 0 aromatic heterocycles.